The first kappa shape index (κ1) is 6.84. The molecule has 0 saturated carbocycles. The zero-order valence-electron chi connectivity index (χ0n) is 5.46. The zero-order chi connectivity index (χ0) is 7.40. The van der Waals surface area contributed by atoms with Crippen molar-refractivity contribution in [2.45, 2.75) is 6.42 Å². The van der Waals surface area contributed by atoms with Gasteiger partial charge < -0.3 is 10.1 Å². The second kappa shape index (κ2) is 3.04. The van der Waals surface area contributed by atoms with Gasteiger partial charge in [0.25, 0.3) is 0 Å². The molecule has 3 nitrogen and oxygen atoms in total. The lowest BCUT2D eigenvalue weighted by molar-refractivity contribution is 0.298. The third-order valence-corrected chi connectivity index (χ3v) is 1.25. The van der Waals surface area contributed by atoms with E-state index in [0.717, 1.165) is 5.69 Å². The summed E-state index contributed by atoms with van der Waals surface area (Å²) >= 11 is 0. The highest BCUT2D eigenvalue weighted by Crippen LogP contribution is 1.99. The van der Waals surface area contributed by atoms with Gasteiger partial charge in [-0.1, -0.05) is 0 Å². The number of aromatic amines is 1. The summed E-state index contributed by atoms with van der Waals surface area (Å²) in [5, 5.41) is 16.9. The summed E-state index contributed by atoms with van der Waals surface area (Å²) in [6.45, 7) is 0.116. The van der Waals surface area contributed by atoms with Gasteiger partial charge in [-0.3, -0.25) is 0 Å². The van der Waals surface area contributed by atoms with Crippen LogP contribution in [0.25, 0.3) is 0 Å². The van der Waals surface area contributed by atoms with E-state index in [4.69, 9.17) is 10.4 Å². The summed E-state index contributed by atoms with van der Waals surface area (Å²) in [5.74, 6) is 0. The maximum Gasteiger partial charge on any atom is 0.117 e. The molecule has 1 heterocycles. The van der Waals surface area contributed by atoms with Gasteiger partial charge in [0, 0.05) is 18.7 Å². The SMILES string of the molecule is N#Cc1ccc(CCO)[nH]1. The van der Waals surface area contributed by atoms with Crippen LogP contribution in [0.15, 0.2) is 12.1 Å². The lowest BCUT2D eigenvalue weighted by atomic mass is 10.3. The number of nitriles is 1. The molecule has 0 saturated heterocycles. The molecule has 0 unspecified atom stereocenters. The summed E-state index contributed by atoms with van der Waals surface area (Å²) in [5.41, 5.74) is 1.45. The quantitative estimate of drug-likeness (QED) is 0.619. The standard InChI is InChI=1S/C7H8N2O/c8-5-7-2-1-6(9-7)3-4-10/h1-2,9-10H,3-4H2. The van der Waals surface area contributed by atoms with Crippen molar-refractivity contribution in [3.63, 3.8) is 0 Å². The van der Waals surface area contributed by atoms with E-state index in [-0.39, 0.29) is 6.61 Å². The van der Waals surface area contributed by atoms with Gasteiger partial charge >= 0.3 is 0 Å². The Balaban J connectivity index is 2.71. The Labute approximate surface area is 58.9 Å². The van der Waals surface area contributed by atoms with E-state index < -0.39 is 0 Å². The second-order valence-electron chi connectivity index (χ2n) is 1.98. The van der Waals surface area contributed by atoms with Crippen molar-refractivity contribution in [3.05, 3.63) is 23.5 Å². The van der Waals surface area contributed by atoms with Crippen LogP contribution in [0.4, 0.5) is 0 Å². The molecule has 52 valence electrons. The van der Waals surface area contributed by atoms with Gasteiger partial charge in [0.05, 0.1) is 0 Å². The van der Waals surface area contributed by atoms with Crippen LogP contribution in [0.1, 0.15) is 11.4 Å². The summed E-state index contributed by atoms with van der Waals surface area (Å²) in [7, 11) is 0. The first-order chi connectivity index (χ1) is 4.86. The molecular weight excluding hydrogens is 128 g/mol. The summed E-state index contributed by atoms with van der Waals surface area (Å²) in [6, 6.07) is 5.47. The van der Waals surface area contributed by atoms with Gasteiger partial charge in [-0.05, 0) is 12.1 Å². The number of nitrogens with one attached hydrogen (secondary N) is 1. The summed E-state index contributed by atoms with van der Waals surface area (Å²) < 4.78 is 0. The molecule has 3 heteroatoms. The Kier molecular flexibility index (Phi) is 2.08. The van der Waals surface area contributed by atoms with Crippen LogP contribution in [0.2, 0.25) is 0 Å². The second-order valence-corrected chi connectivity index (χ2v) is 1.98. The van der Waals surface area contributed by atoms with Gasteiger partial charge in [-0.25, -0.2) is 0 Å². The van der Waals surface area contributed by atoms with Crippen LogP contribution in [0.3, 0.4) is 0 Å². The number of nitrogens with zero attached hydrogens (tertiary/aromatic N) is 1. The average molecular weight is 136 g/mol. The highest BCUT2D eigenvalue weighted by Gasteiger charge is 1.94. The molecular formula is C7H8N2O. The number of aromatic nitrogens is 1. The maximum atomic E-state index is 8.50. The normalized spacial score (nSPS) is 9.20. The van der Waals surface area contributed by atoms with Crippen LogP contribution in [-0.2, 0) is 6.42 Å². The molecule has 0 aliphatic heterocycles. The van der Waals surface area contributed by atoms with Gasteiger partial charge in [0.15, 0.2) is 0 Å². The number of H-pyrrole nitrogens is 1. The van der Waals surface area contributed by atoms with Crippen LogP contribution < -0.4 is 0 Å². The van der Waals surface area contributed by atoms with E-state index in [9.17, 15) is 0 Å². The van der Waals surface area contributed by atoms with Crippen LogP contribution in [-0.4, -0.2) is 16.7 Å². The van der Waals surface area contributed by atoms with Gasteiger partial charge in [-0.2, -0.15) is 5.26 Å². The molecule has 10 heavy (non-hydrogen) atoms. The maximum absolute atomic E-state index is 8.50. The molecule has 0 spiro atoms. The van der Waals surface area contributed by atoms with E-state index in [0.29, 0.717) is 12.1 Å². The van der Waals surface area contributed by atoms with E-state index in [1.54, 1.807) is 12.1 Å². The first-order valence-corrected chi connectivity index (χ1v) is 3.05. The van der Waals surface area contributed by atoms with Gasteiger partial charge in [0.2, 0.25) is 0 Å². The van der Waals surface area contributed by atoms with Gasteiger partial charge in [0.1, 0.15) is 11.8 Å². The molecule has 0 radical (unpaired) electrons. The molecule has 0 aliphatic rings. The first-order valence-electron chi connectivity index (χ1n) is 3.05. The molecule has 1 aromatic heterocycles. The summed E-state index contributed by atoms with van der Waals surface area (Å²) in [6.07, 6.45) is 0.585. The van der Waals surface area contributed by atoms with Crippen molar-refractivity contribution < 1.29 is 5.11 Å². The van der Waals surface area contributed by atoms with Crippen molar-refractivity contribution in [1.29, 1.82) is 5.26 Å². The lowest BCUT2D eigenvalue weighted by Gasteiger charge is -1.88. The number of hydrogen-bond acceptors (Lipinski definition) is 2. The van der Waals surface area contributed by atoms with Crippen molar-refractivity contribution >= 4 is 0 Å². The Morgan fingerprint density at radius 1 is 1.60 bits per heavy atom. The topological polar surface area (TPSA) is 59.8 Å². The fraction of sp³-hybridized carbons (Fsp3) is 0.286. The third-order valence-electron chi connectivity index (χ3n) is 1.25. The average Bonchev–Trinajstić information content (AvgIpc) is 2.37. The monoisotopic (exact) mass is 136 g/mol. The number of rotatable bonds is 2. The Bertz CT molecular complexity index is 246. The molecule has 0 amide bonds. The van der Waals surface area contributed by atoms with Crippen molar-refractivity contribution in [2.75, 3.05) is 6.61 Å². The number of aliphatic hydroxyl groups excluding tert-OH is 1. The molecule has 0 fully saturated rings. The van der Waals surface area contributed by atoms with E-state index in [2.05, 4.69) is 4.98 Å². The van der Waals surface area contributed by atoms with E-state index >= 15 is 0 Å². The minimum absolute atomic E-state index is 0.116. The largest absolute Gasteiger partial charge is 0.396 e. The molecule has 0 aromatic carbocycles. The minimum Gasteiger partial charge on any atom is -0.396 e. The summed E-state index contributed by atoms with van der Waals surface area (Å²) in [4.78, 5) is 2.84. The van der Waals surface area contributed by atoms with E-state index in [1.807, 2.05) is 6.07 Å². The lowest BCUT2D eigenvalue weighted by Crippen LogP contribution is -1.89. The predicted octanol–water partition coefficient (Wildman–Crippen LogP) is 0.421. The molecule has 2 N–H and O–H groups in total. The predicted molar refractivity (Wildman–Crippen MR) is 36.3 cm³/mol. The molecule has 0 atom stereocenters. The highest BCUT2D eigenvalue weighted by molar-refractivity contribution is 5.24. The molecule has 1 rings (SSSR count). The van der Waals surface area contributed by atoms with Crippen LogP contribution in [0, 0.1) is 11.3 Å². The fourth-order valence-electron chi connectivity index (χ4n) is 0.772. The fourth-order valence-corrected chi connectivity index (χ4v) is 0.772. The van der Waals surface area contributed by atoms with Crippen LogP contribution in [0.5, 0.6) is 0 Å². The van der Waals surface area contributed by atoms with Crippen LogP contribution >= 0.6 is 0 Å². The Morgan fingerprint density at radius 2 is 2.40 bits per heavy atom. The number of hydrogen-bond donors (Lipinski definition) is 2. The van der Waals surface area contributed by atoms with Crippen molar-refractivity contribution in [2.24, 2.45) is 0 Å². The molecule has 1 aromatic rings. The zero-order valence-corrected chi connectivity index (χ0v) is 5.46. The minimum atomic E-state index is 0.116. The highest BCUT2D eigenvalue weighted by atomic mass is 16.3. The Morgan fingerprint density at radius 3 is 2.90 bits per heavy atom. The van der Waals surface area contributed by atoms with Gasteiger partial charge in [-0.15, -0.1) is 0 Å². The van der Waals surface area contributed by atoms with Crippen molar-refractivity contribution in [3.8, 4) is 6.07 Å². The smallest absolute Gasteiger partial charge is 0.117 e. The Hall–Kier alpha value is -1.27. The number of aliphatic hydroxyl groups is 1. The molecule has 0 aliphatic carbocycles. The van der Waals surface area contributed by atoms with E-state index in [1.165, 1.54) is 0 Å². The molecule has 0 bridgehead atoms. The van der Waals surface area contributed by atoms with Crippen molar-refractivity contribution in [1.82, 2.24) is 4.98 Å². The third kappa shape index (κ3) is 1.36.